The van der Waals surface area contributed by atoms with E-state index in [-0.39, 0.29) is 23.5 Å². The summed E-state index contributed by atoms with van der Waals surface area (Å²) in [5.74, 6) is 0.156. The molecule has 108 valence electrons. The van der Waals surface area contributed by atoms with Gasteiger partial charge in [0.2, 0.25) is 5.91 Å². The van der Waals surface area contributed by atoms with Gasteiger partial charge < -0.3 is 15.0 Å². The van der Waals surface area contributed by atoms with Crippen molar-refractivity contribution in [1.29, 1.82) is 0 Å². The molecular weight excluding hydrogens is 244 g/mol. The van der Waals surface area contributed by atoms with Crippen LogP contribution < -0.4 is 5.32 Å². The number of amides is 2. The Morgan fingerprint density at radius 2 is 1.95 bits per heavy atom. The van der Waals surface area contributed by atoms with E-state index in [1.807, 2.05) is 27.7 Å². The second-order valence-corrected chi connectivity index (χ2v) is 6.83. The molecule has 2 amide bonds. The predicted molar refractivity (Wildman–Crippen MR) is 71.7 cm³/mol. The van der Waals surface area contributed by atoms with Crippen LogP contribution in [0.1, 0.15) is 47.0 Å². The summed E-state index contributed by atoms with van der Waals surface area (Å²) in [6.07, 6.45) is 2.09. The molecule has 2 saturated heterocycles. The number of likely N-dealkylation sites (tertiary alicyclic amines) is 1. The van der Waals surface area contributed by atoms with Crippen molar-refractivity contribution in [2.24, 2.45) is 5.41 Å². The first-order chi connectivity index (χ1) is 8.72. The zero-order valence-corrected chi connectivity index (χ0v) is 12.3. The maximum absolute atomic E-state index is 12.0. The second kappa shape index (κ2) is 4.69. The molecule has 2 aliphatic rings. The van der Waals surface area contributed by atoms with Crippen molar-refractivity contribution in [3.8, 4) is 0 Å². The number of nitrogens with zero attached hydrogens (tertiary/aromatic N) is 1. The van der Waals surface area contributed by atoms with Crippen LogP contribution in [0.5, 0.6) is 0 Å². The summed E-state index contributed by atoms with van der Waals surface area (Å²) in [7, 11) is 0. The van der Waals surface area contributed by atoms with Crippen LogP contribution in [0.3, 0.4) is 0 Å². The van der Waals surface area contributed by atoms with Crippen LogP contribution in [0.4, 0.5) is 4.79 Å². The lowest BCUT2D eigenvalue weighted by Crippen LogP contribution is -2.47. The van der Waals surface area contributed by atoms with Crippen molar-refractivity contribution in [1.82, 2.24) is 10.2 Å². The van der Waals surface area contributed by atoms with Gasteiger partial charge in [0.1, 0.15) is 5.60 Å². The zero-order valence-electron chi connectivity index (χ0n) is 12.3. The average molecular weight is 268 g/mol. The van der Waals surface area contributed by atoms with Crippen molar-refractivity contribution in [2.45, 2.75) is 58.6 Å². The predicted octanol–water partition coefficient (Wildman–Crippen LogP) is 1.91. The molecule has 0 aliphatic carbocycles. The van der Waals surface area contributed by atoms with Gasteiger partial charge in [-0.15, -0.1) is 0 Å². The third kappa shape index (κ3) is 3.01. The summed E-state index contributed by atoms with van der Waals surface area (Å²) < 4.78 is 5.36. The highest BCUT2D eigenvalue weighted by molar-refractivity contribution is 5.85. The summed E-state index contributed by atoms with van der Waals surface area (Å²) in [6.45, 7) is 8.84. The quantitative estimate of drug-likeness (QED) is 0.730. The van der Waals surface area contributed by atoms with Gasteiger partial charge in [-0.3, -0.25) is 4.79 Å². The third-order valence-electron chi connectivity index (χ3n) is 3.93. The molecule has 19 heavy (non-hydrogen) atoms. The molecule has 1 spiro atoms. The molecule has 0 radical (unpaired) electrons. The minimum atomic E-state index is -0.467. The molecule has 0 aromatic heterocycles. The van der Waals surface area contributed by atoms with Crippen LogP contribution in [0.15, 0.2) is 0 Å². The Labute approximate surface area is 114 Å². The first kappa shape index (κ1) is 14.2. The van der Waals surface area contributed by atoms with E-state index < -0.39 is 5.60 Å². The first-order valence-electron chi connectivity index (χ1n) is 7.01. The number of ether oxygens (including phenoxy) is 1. The van der Waals surface area contributed by atoms with Gasteiger partial charge in [-0.1, -0.05) is 0 Å². The molecule has 0 aromatic rings. The average Bonchev–Trinajstić information content (AvgIpc) is 2.52. The van der Waals surface area contributed by atoms with Gasteiger partial charge in [0.15, 0.2) is 0 Å². The summed E-state index contributed by atoms with van der Waals surface area (Å²) in [5.41, 5.74) is -0.719. The Bertz CT molecular complexity index is 379. The van der Waals surface area contributed by atoms with E-state index in [0.717, 1.165) is 19.3 Å². The Balaban J connectivity index is 1.93. The fourth-order valence-corrected chi connectivity index (χ4v) is 2.98. The van der Waals surface area contributed by atoms with E-state index in [4.69, 9.17) is 4.74 Å². The van der Waals surface area contributed by atoms with E-state index in [1.54, 1.807) is 4.90 Å². The monoisotopic (exact) mass is 268 g/mol. The molecule has 0 unspecified atom stereocenters. The number of carbonyl (C=O) groups is 2. The van der Waals surface area contributed by atoms with E-state index in [0.29, 0.717) is 13.1 Å². The number of rotatable bonds is 0. The molecule has 0 bridgehead atoms. The van der Waals surface area contributed by atoms with E-state index in [2.05, 4.69) is 5.32 Å². The minimum Gasteiger partial charge on any atom is -0.444 e. The van der Waals surface area contributed by atoms with Crippen LogP contribution in [-0.4, -0.2) is 41.6 Å². The Hall–Kier alpha value is -1.26. The van der Waals surface area contributed by atoms with Crippen LogP contribution in [0.25, 0.3) is 0 Å². The topological polar surface area (TPSA) is 58.6 Å². The van der Waals surface area contributed by atoms with Crippen molar-refractivity contribution in [2.75, 3.05) is 13.1 Å². The molecule has 1 atom stereocenters. The van der Waals surface area contributed by atoms with E-state index in [1.165, 1.54) is 0 Å². The fourth-order valence-electron chi connectivity index (χ4n) is 2.98. The minimum absolute atomic E-state index is 0.156. The number of nitrogens with one attached hydrogen (secondary N) is 1. The smallest absolute Gasteiger partial charge is 0.410 e. The molecule has 2 fully saturated rings. The summed E-state index contributed by atoms with van der Waals surface area (Å²) in [4.78, 5) is 25.7. The maximum Gasteiger partial charge on any atom is 0.410 e. The van der Waals surface area contributed by atoms with Crippen molar-refractivity contribution >= 4 is 12.0 Å². The van der Waals surface area contributed by atoms with Crippen LogP contribution in [0.2, 0.25) is 0 Å². The molecule has 2 aliphatic heterocycles. The van der Waals surface area contributed by atoms with Crippen LogP contribution in [-0.2, 0) is 9.53 Å². The van der Waals surface area contributed by atoms with Gasteiger partial charge in [-0.25, -0.2) is 4.79 Å². The lowest BCUT2D eigenvalue weighted by Gasteiger charge is -2.37. The normalized spacial score (nSPS) is 26.4. The summed E-state index contributed by atoms with van der Waals surface area (Å²) in [5, 5.41) is 2.99. The zero-order chi connectivity index (χ0) is 14.3. The highest BCUT2D eigenvalue weighted by atomic mass is 16.6. The molecule has 5 nitrogen and oxygen atoms in total. The van der Waals surface area contributed by atoms with Gasteiger partial charge in [0.05, 0.1) is 5.41 Å². The lowest BCUT2D eigenvalue weighted by atomic mass is 9.76. The fraction of sp³-hybridized carbons (Fsp3) is 0.857. The summed E-state index contributed by atoms with van der Waals surface area (Å²) >= 11 is 0. The number of carbonyl (C=O) groups excluding carboxylic acids is 2. The van der Waals surface area contributed by atoms with Gasteiger partial charge in [-0.05, 0) is 47.0 Å². The van der Waals surface area contributed by atoms with Crippen molar-refractivity contribution in [3.05, 3.63) is 0 Å². The Morgan fingerprint density at radius 1 is 1.37 bits per heavy atom. The molecular formula is C14H24N2O3. The Kier molecular flexibility index (Phi) is 3.49. The standard InChI is InChI=1S/C14H24N2O3/c1-10-9-14(11(17)15-10)5-7-16(8-6-14)12(18)19-13(2,3)4/h10H,5-9H2,1-4H3,(H,15,17)/t10-/m0/s1. The molecule has 0 aromatic carbocycles. The van der Waals surface area contributed by atoms with Crippen LogP contribution >= 0.6 is 0 Å². The molecule has 1 N–H and O–H groups in total. The van der Waals surface area contributed by atoms with E-state index in [9.17, 15) is 9.59 Å². The second-order valence-electron chi connectivity index (χ2n) is 6.83. The van der Waals surface area contributed by atoms with Gasteiger partial charge >= 0.3 is 6.09 Å². The first-order valence-corrected chi connectivity index (χ1v) is 7.01. The largest absolute Gasteiger partial charge is 0.444 e. The number of hydrogen-bond acceptors (Lipinski definition) is 3. The van der Waals surface area contributed by atoms with Crippen molar-refractivity contribution < 1.29 is 14.3 Å². The molecule has 0 saturated carbocycles. The van der Waals surface area contributed by atoms with Gasteiger partial charge in [-0.2, -0.15) is 0 Å². The van der Waals surface area contributed by atoms with Gasteiger partial charge in [0.25, 0.3) is 0 Å². The van der Waals surface area contributed by atoms with E-state index >= 15 is 0 Å². The number of hydrogen-bond donors (Lipinski definition) is 1. The van der Waals surface area contributed by atoms with Crippen molar-refractivity contribution in [3.63, 3.8) is 0 Å². The highest BCUT2D eigenvalue weighted by Gasteiger charge is 2.47. The molecule has 5 heteroatoms. The maximum atomic E-state index is 12.0. The third-order valence-corrected chi connectivity index (χ3v) is 3.93. The summed E-state index contributed by atoms with van der Waals surface area (Å²) in [6, 6.07) is 0.251. The van der Waals surface area contributed by atoms with Crippen LogP contribution in [0, 0.1) is 5.41 Å². The van der Waals surface area contributed by atoms with Gasteiger partial charge in [0, 0.05) is 19.1 Å². The SMILES string of the molecule is C[C@H]1CC2(CCN(C(=O)OC(C)(C)C)CC2)C(=O)N1. The lowest BCUT2D eigenvalue weighted by molar-refractivity contribution is -0.130. The Morgan fingerprint density at radius 3 is 2.37 bits per heavy atom. The number of piperidine rings is 1. The molecule has 2 heterocycles. The highest BCUT2D eigenvalue weighted by Crippen LogP contribution is 2.40. The molecule has 2 rings (SSSR count).